The van der Waals surface area contributed by atoms with Crippen LogP contribution in [-0.2, 0) is 17.6 Å². The van der Waals surface area contributed by atoms with E-state index in [1.807, 2.05) is 6.20 Å². The van der Waals surface area contributed by atoms with Gasteiger partial charge in [0.15, 0.2) is 5.96 Å². The Balaban J connectivity index is 0.00000338. The molecule has 1 heterocycles. The molecule has 6 nitrogen and oxygen atoms in total. The first kappa shape index (κ1) is 23.1. The lowest BCUT2D eigenvalue weighted by atomic mass is 10.0. The van der Waals surface area contributed by atoms with Gasteiger partial charge in [-0.2, -0.15) is 0 Å². The van der Waals surface area contributed by atoms with Crippen molar-refractivity contribution in [2.45, 2.75) is 51.9 Å². The number of amides is 1. The van der Waals surface area contributed by atoms with E-state index < -0.39 is 0 Å². The number of aliphatic imine (C=N–C) groups is 1. The monoisotopic (exact) mass is 493 g/mol. The molecule has 0 radical (unpaired) electrons. The Bertz CT molecular complexity index is 558. The molecular formula is C18H32IN5OS. The number of guanidine groups is 1. The standard InChI is InChI=1S/C18H31N5OS.HI/c1-3-15-13-23-17(25-15)8-9-21-18(19-2)22-11-10-20-16(24)12-14-6-4-5-7-14;/h13-14H,3-12H2,1-2H3,(H,20,24)(H2,19,21,22);1H. The molecule has 0 aliphatic heterocycles. The molecule has 0 aromatic carbocycles. The normalized spacial score (nSPS) is 14.8. The van der Waals surface area contributed by atoms with E-state index in [1.165, 1.54) is 30.6 Å². The van der Waals surface area contributed by atoms with E-state index >= 15 is 0 Å². The number of nitrogens with one attached hydrogen (secondary N) is 3. The van der Waals surface area contributed by atoms with Crippen molar-refractivity contribution in [3.05, 3.63) is 16.1 Å². The van der Waals surface area contributed by atoms with Crippen LogP contribution in [0.15, 0.2) is 11.2 Å². The van der Waals surface area contributed by atoms with E-state index in [-0.39, 0.29) is 29.9 Å². The van der Waals surface area contributed by atoms with E-state index in [1.54, 1.807) is 18.4 Å². The van der Waals surface area contributed by atoms with Gasteiger partial charge in [-0.15, -0.1) is 35.3 Å². The van der Waals surface area contributed by atoms with Gasteiger partial charge in [-0.25, -0.2) is 4.98 Å². The number of hydrogen-bond acceptors (Lipinski definition) is 4. The molecule has 2 rings (SSSR count). The minimum Gasteiger partial charge on any atom is -0.356 e. The first-order valence-corrected chi connectivity index (χ1v) is 10.2. The molecule has 1 aliphatic rings. The second-order valence-corrected chi connectivity index (χ2v) is 7.65. The molecule has 1 aromatic rings. The van der Waals surface area contributed by atoms with Crippen LogP contribution in [0.2, 0.25) is 0 Å². The zero-order valence-electron chi connectivity index (χ0n) is 15.8. The summed E-state index contributed by atoms with van der Waals surface area (Å²) in [5, 5.41) is 10.7. The Morgan fingerprint density at radius 1 is 1.23 bits per heavy atom. The number of nitrogens with zero attached hydrogens (tertiary/aromatic N) is 2. The molecule has 0 spiro atoms. The second kappa shape index (κ2) is 13.3. The maximum absolute atomic E-state index is 11.9. The van der Waals surface area contributed by atoms with Crippen molar-refractivity contribution in [3.63, 3.8) is 0 Å². The number of rotatable bonds is 9. The molecule has 148 valence electrons. The van der Waals surface area contributed by atoms with Gasteiger partial charge in [0.2, 0.25) is 5.91 Å². The van der Waals surface area contributed by atoms with Crippen LogP contribution in [0.5, 0.6) is 0 Å². The van der Waals surface area contributed by atoms with Gasteiger partial charge in [0.25, 0.3) is 0 Å². The second-order valence-electron chi connectivity index (χ2n) is 6.45. The Morgan fingerprint density at radius 3 is 2.58 bits per heavy atom. The van der Waals surface area contributed by atoms with Gasteiger partial charge in [0.05, 0.1) is 5.01 Å². The summed E-state index contributed by atoms with van der Waals surface area (Å²) in [6, 6.07) is 0. The quantitative estimate of drug-likeness (QED) is 0.214. The molecular weight excluding hydrogens is 461 g/mol. The lowest BCUT2D eigenvalue weighted by Crippen LogP contribution is -2.42. The highest BCUT2D eigenvalue weighted by molar-refractivity contribution is 14.0. The summed E-state index contributed by atoms with van der Waals surface area (Å²) in [5.74, 6) is 1.53. The van der Waals surface area contributed by atoms with Crippen LogP contribution in [0.1, 0.15) is 48.9 Å². The summed E-state index contributed by atoms with van der Waals surface area (Å²) >= 11 is 1.77. The Hall–Kier alpha value is -0.900. The first-order valence-electron chi connectivity index (χ1n) is 9.36. The highest BCUT2D eigenvalue weighted by Crippen LogP contribution is 2.27. The minimum absolute atomic E-state index is 0. The number of halogens is 1. The number of thiazole rings is 1. The number of aryl methyl sites for hydroxylation is 1. The molecule has 0 bridgehead atoms. The third kappa shape index (κ3) is 8.66. The number of carbonyl (C=O) groups excluding carboxylic acids is 1. The van der Waals surface area contributed by atoms with Crippen molar-refractivity contribution in [3.8, 4) is 0 Å². The van der Waals surface area contributed by atoms with Gasteiger partial charge in [-0.3, -0.25) is 9.79 Å². The summed E-state index contributed by atoms with van der Waals surface area (Å²) < 4.78 is 0. The molecule has 1 fully saturated rings. The fraction of sp³-hybridized carbons (Fsp3) is 0.722. The predicted molar refractivity (Wildman–Crippen MR) is 120 cm³/mol. The lowest BCUT2D eigenvalue weighted by molar-refractivity contribution is -0.121. The largest absolute Gasteiger partial charge is 0.356 e. The van der Waals surface area contributed by atoms with E-state index in [9.17, 15) is 4.79 Å². The summed E-state index contributed by atoms with van der Waals surface area (Å²) in [6.07, 6.45) is 9.55. The van der Waals surface area contributed by atoms with Crippen molar-refractivity contribution < 1.29 is 4.79 Å². The fourth-order valence-corrected chi connectivity index (χ4v) is 3.93. The van der Waals surface area contributed by atoms with Crippen molar-refractivity contribution in [1.82, 2.24) is 20.9 Å². The lowest BCUT2D eigenvalue weighted by Gasteiger charge is -2.13. The minimum atomic E-state index is 0. The topological polar surface area (TPSA) is 78.4 Å². The first-order chi connectivity index (χ1) is 12.2. The number of aromatic nitrogens is 1. The molecule has 0 saturated heterocycles. The average molecular weight is 493 g/mol. The molecule has 1 aromatic heterocycles. The third-order valence-electron chi connectivity index (χ3n) is 4.49. The Kier molecular flexibility index (Phi) is 11.8. The van der Waals surface area contributed by atoms with Crippen LogP contribution in [-0.4, -0.2) is 43.5 Å². The molecule has 0 atom stereocenters. The Morgan fingerprint density at radius 2 is 1.92 bits per heavy atom. The average Bonchev–Trinajstić information content (AvgIpc) is 3.28. The molecule has 26 heavy (non-hydrogen) atoms. The van der Waals surface area contributed by atoms with Crippen molar-refractivity contribution >= 4 is 47.2 Å². The van der Waals surface area contributed by atoms with E-state index in [4.69, 9.17) is 0 Å². The summed E-state index contributed by atoms with van der Waals surface area (Å²) in [6.45, 7) is 4.24. The van der Waals surface area contributed by atoms with Gasteiger partial charge in [-0.05, 0) is 25.2 Å². The highest BCUT2D eigenvalue weighted by atomic mass is 127. The third-order valence-corrected chi connectivity index (χ3v) is 5.69. The highest BCUT2D eigenvalue weighted by Gasteiger charge is 2.17. The molecule has 1 amide bonds. The smallest absolute Gasteiger partial charge is 0.220 e. The molecule has 3 N–H and O–H groups in total. The van der Waals surface area contributed by atoms with Crippen LogP contribution < -0.4 is 16.0 Å². The van der Waals surface area contributed by atoms with Crippen molar-refractivity contribution in [2.75, 3.05) is 26.7 Å². The molecule has 0 unspecified atom stereocenters. The van der Waals surface area contributed by atoms with Gasteiger partial charge < -0.3 is 16.0 Å². The van der Waals surface area contributed by atoms with E-state index in [0.29, 0.717) is 25.4 Å². The fourth-order valence-electron chi connectivity index (χ4n) is 3.07. The zero-order chi connectivity index (χ0) is 17.9. The molecule has 1 saturated carbocycles. The van der Waals surface area contributed by atoms with Crippen LogP contribution in [0.25, 0.3) is 0 Å². The van der Waals surface area contributed by atoms with E-state index in [0.717, 1.165) is 30.4 Å². The van der Waals surface area contributed by atoms with Crippen molar-refractivity contribution in [2.24, 2.45) is 10.9 Å². The molecule has 1 aliphatic carbocycles. The predicted octanol–water partition coefficient (Wildman–Crippen LogP) is 2.73. The van der Waals surface area contributed by atoms with Gasteiger partial charge in [0.1, 0.15) is 0 Å². The Labute approximate surface area is 178 Å². The SMILES string of the molecule is CCc1cnc(CCNC(=NC)NCCNC(=O)CC2CCCC2)s1.I. The van der Waals surface area contributed by atoms with Crippen LogP contribution in [0.4, 0.5) is 0 Å². The van der Waals surface area contributed by atoms with Crippen LogP contribution >= 0.6 is 35.3 Å². The summed E-state index contributed by atoms with van der Waals surface area (Å²) in [7, 11) is 1.76. The summed E-state index contributed by atoms with van der Waals surface area (Å²) in [5.41, 5.74) is 0. The van der Waals surface area contributed by atoms with Crippen LogP contribution in [0, 0.1) is 5.92 Å². The zero-order valence-corrected chi connectivity index (χ0v) is 19.0. The van der Waals surface area contributed by atoms with Crippen molar-refractivity contribution in [1.29, 1.82) is 0 Å². The number of carbonyl (C=O) groups is 1. The van der Waals surface area contributed by atoms with Gasteiger partial charge >= 0.3 is 0 Å². The van der Waals surface area contributed by atoms with Gasteiger partial charge in [-0.1, -0.05) is 19.8 Å². The van der Waals surface area contributed by atoms with Crippen LogP contribution in [0.3, 0.4) is 0 Å². The maximum Gasteiger partial charge on any atom is 0.220 e. The number of hydrogen-bond donors (Lipinski definition) is 3. The van der Waals surface area contributed by atoms with Gasteiger partial charge in [0, 0.05) is 50.6 Å². The maximum atomic E-state index is 11.9. The molecule has 8 heteroatoms. The summed E-state index contributed by atoms with van der Waals surface area (Å²) in [4.78, 5) is 21.8. The van der Waals surface area contributed by atoms with E-state index in [2.05, 4.69) is 32.9 Å².